The summed E-state index contributed by atoms with van der Waals surface area (Å²) in [5.74, 6) is 2.52. The van der Waals surface area contributed by atoms with Gasteiger partial charge in [-0.1, -0.05) is 6.92 Å². The Bertz CT molecular complexity index is 333. The molecule has 1 aromatic heterocycles. The van der Waals surface area contributed by atoms with E-state index in [2.05, 4.69) is 11.9 Å². The third-order valence-electron chi connectivity index (χ3n) is 2.25. The first-order valence-electron chi connectivity index (χ1n) is 5.35. The van der Waals surface area contributed by atoms with Crippen molar-refractivity contribution in [3.8, 4) is 5.75 Å². The van der Waals surface area contributed by atoms with Gasteiger partial charge in [-0.2, -0.15) is 11.8 Å². The first-order valence-corrected chi connectivity index (χ1v) is 6.93. The standard InChI is InChI=1S/C12H18ClNOS/c1-9-6-12(15-3)7-11(14-9)8-16-10(2)4-5-13/h6-7,10H,4-5,8H2,1-3H3. The van der Waals surface area contributed by atoms with E-state index >= 15 is 0 Å². The predicted octanol–water partition coefficient (Wildman–Crippen LogP) is 3.65. The quantitative estimate of drug-likeness (QED) is 0.728. The van der Waals surface area contributed by atoms with Crippen LogP contribution in [0.1, 0.15) is 24.7 Å². The third kappa shape index (κ3) is 4.62. The van der Waals surface area contributed by atoms with Crippen LogP contribution in [0.5, 0.6) is 5.75 Å². The summed E-state index contributed by atoms with van der Waals surface area (Å²) in [5, 5.41) is 0.575. The van der Waals surface area contributed by atoms with E-state index in [0.717, 1.165) is 35.2 Å². The molecule has 0 saturated carbocycles. The normalized spacial score (nSPS) is 12.5. The molecule has 1 atom stereocenters. The van der Waals surface area contributed by atoms with E-state index in [1.54, 1.807) is 7.11 Å². The fourth-order valence-corrected chi connectivity index (χ4v) is 2.70. The van der Waals surface area contributed by atoms with Crippen molar-refractivity contribution in [1.29, 1.82) is 0 Å². The predicted molar refractivity (Wildman–Crippen MR) is 71.6 cm³/mol. The van der Waals surface area contributed by atoms with Crippen molar-refractivity contribution in [2.24, 2.45) is 0 Å². The van der Waals surface area contributed by atoms with E-state index in [1.165, 1.54) is 0 Å². The lowest BCUT2D eigenvalue weighted by Gasteiger charge is -2.10. The maximum absolute atomic E-state index is 5.70. The smallest absolute Gasteiger partial charge is 0.122 e. The lowest BCUT2D eigenvalue weighted by Crippen LogP contribution is -1.99. The first kappa shape index (κ1) is 13.7. The van der Waals surface area contributed by atoms with Crippen molar-refractivity contribution in [1.82, 2.24) is 4.98 Å². The number of halogens is 1. The molecule has 0 spiro atoms. The minimum absolute atomic E-state index is 0.575. The van der Waals surface area contributed by atoms with Gasteiger partial charge in [-0.05, 0) is 13.3 Å². The zero-order valence-corrected chi connectivity index (χ0v) is 11.6. The molecule has 2 nitrogen and oxygen atoms in total. The van der Waals surface area contributed by atoms with Gasteiger partial charge in [0.25, 0.3) is 0 Å². The second kappa shape index (κ2) is 7.02. The van der Waals surface area contributed by atoms with Gasteiger partial charge in [0.05, 0.1) is 12.8 Å². The SMILES string of the molecule is COc1cc(C)nc(CSC(C)CCCl)c1. The Morgan fingerprint density at radius 3 is 2.88 bits per heavy atom. The Morgan fingerprint density at radius 2 is 2.25 bits per heavy atom. The Balaban J connectivity index is 2.56. The molecule has 0 aromatic carbocycles. The monoisotopic (exact) mass is 259 g/mol. The van der Waals surface area contributed by atoms with Gasteiger partial charge in [0.1, 0.15) is 5.75 Å². The van der Waals surface area contributed by atoms with Crippen LogP contribution in [0.25, 0.3) is 0 Å². The number of nitrogens with zero attached hydrogens (tertiary/aromatic N) is 1. The highest BCUT2D eigenvalue weighted by atomic mass is 35.5. The Kier molecular flexibility index (Phi) is 5.99. The van der Waals surface area contributed by atoms with Crippen LogP contribution in [0.4, 0.5) is 0 Å². The molecule has 0 bridgehead atoms. The second-order valence-corrected chi connectivity index (χ2v) is 5.54. The van der Waals surface area contributed by atoms with Gasteiger partial charge in [-0.3, -0.25) is 4.98 Å². The molecule has 0 amide bonds. The van der Waals surface area contributed by atoms with Gasteiger partial charge in [0, 0.05) is 34.7 Å². The molecule has 0 aliphatic carbocycles. The van der Waals surface area contributed by atoms with Crippen LogP contribution >= 0.6 is 23.4 Å². The van der Waals surface area contributed by atoms with Crippen molar-refractivity contribution < 1.29 is 4.74 Å². The van der Waals surface area contributed by atoms with Crippen LogP contribution in [-0.2, 0) is 5.75 Å². The van der Waals surface area contributed by atoms with Crippen molar-refractivity contribution in [3.63, 3.8) is 0 Å². The summed E-state index contributed by atoms with van der Waals surface area (Å²) in [5.41, 5.74) is 2.07. The molecule has 1 unspecified atom stereocenters. The highest BCUT2D eigenvalue weighted by Gasteiger charge is 2.05. The fraction of sp³-hybridized carbons (Fsp3) is 0.583. The van der Waals surface area contributed by atoms with Crippen LogP contribution in [0.2, 0.25) is 0 Å². The van der Waals surface area contributed by atoms with E-state index in [9.17, 15) is 0 Å². The number of alkyl halides is 1. The van der Waals surface area contributed by atoms with Crippen molar-refractivity contribution in [2.45, 2.75) is 31.3 Å². The maximum Gasteiger partial charge on any atom is 0.122 e. The number of methoxy groups -OCH3 is 1. The maximum atomic E-state index is 5.70. The van der Waals surface area contributed by atoms with Crippen LogP contribution in [-0.4, -0.2) is 23.2 Å². The Hall–Kier alpha value is -0.410. The molecule has 1 rings (SSSR count). The molecule has 0 radical (unpaired) electrons. The van der Waals surface area contributed by atoms with E-state index in [1.807, 2.05) is 30.8 Å². The van der Waals surface area contributed by atoms with Crippen LogP contribution in [0.3, 0.4) is 0 Å². The minimum Gasteiger partial charge on any atom is -0.497 e. The number of rotatable bonds is 6. The van der Waals surface area contributed by atoms with Crippen molar-refractivity contribution >= 4 is 23.4 Å². The van der Waals surface area contributed by atoms with Gasteiger partial charge in [-0.25, -0.2) is 0 Å². The molecule has 0 aliphatic heterocycles. The van der Waals surface area contributed by atoms with Crippen LogP contribution in [0.15, 0.2) is 12.1 Å². The molecule has 16 heavy (non-hydrogen) atoms. The summed E-state index contributed by atoms with van der Waals surface area (Å²) in [7, 11) is 1.68. The number of ether oxygens (including phenoxy) is 1. The summed E-state index contributed by atoms with van der Waals surface area (Å²) in [6, 6.07) is 3.93. The van der Waals surface area contributed by atoms with Gasteiger partial charge in [0.15, 0.2) is 0 Å². The highest BCUT2D eigenvalue weighted by Crippen LogP contribution is 2.22. The largest absolute Gasteiger partial charge is 0.497 e. The van der Waals surface area contributed by atoms with Gasteiger partial charge in [0.2, 0.25) is 0 Å². The summed E-state index contributed by atoms with van der Waals surface area (Å²) >= 11 is 7.58. The van der Waals surface area contributed by atoms with Crippen molar-refractivity contribution in [3.05, 3.63) is 23.5 Å². The fourth-order valence-electron chi connectivity index (χ4n) is 1.36. The van der Waals surface area contributed by atoms with E-state index in [4.69, 9.17) is 16.3 Å². The van der Waals surface area contributed by atoms with E-state index in [0.29, 0.717) is 5.25 Å². The topological polar surface area (TPSA) is 22.1 Å². The highest BCUT2D eigenvalue weighted by molar-refractivity contribution is 7.99. The van der Waals surface area contributed by atoms with E-state index < -0.39 is 0 Å². The molecular weight excluding hydrogens is 242 g/mol. The first-order chi connectivity index (χ1) is 7.65. The summed E-state index contributed by atoms with van der Waals surface area (Å²) < 4.78 is 5.22. The van der Waals surface area contributed by atoms with Gasteiger partial charge < -0.3 is 4.74 Å². The molecule has 4 heteroatoms. The molecule has 90 valence electrons. The lowest BCUT2D eigenvalue weighted by molar-refractivity contribution is 0.413. The van der Waals surface area contributed by atoms with Crippen molar-refractivity contribution in [2.75, 3.05) is 13.0 Å². The molecular formula is C12H18ClNOS. The average Bonchev–Trinajstić information content (AvgIpc) is 2.26. The minimum atomic E-state index is 0.575. The second-order valence-electron chi connectivity index (χ2n) is 3.74. The lowest BCUT2D eigenvalue weighted by atomic mass is 10.3. The number of pyridine rings is 1. The Morgan fingerprint density at radius 1 is 1.50 bits per heavy atom. The summed E-state index contributed by atoms with van der Waals surface area (Å²) in [6.07, 6.45) is 1.04. The van der Waals surface area contributed by atoms with Crippen LogP contribution in [0, 0.1) is 6.92 Å². The molecule has 0 fully saturated rings. The summed E-state index contributed by atoms with van der Waals surface area (Å²) in [6.45, 7) is 4.18. The molecule has 1 aromatic rings. The molecule has 0 N–H and O–H groups in total. The number of thioether (sulfide) groups is 1. The molecule has 1 heterocycles. The number of aromatic nitrogens is 1. The van der Waals surface area contributed by atoms with Gasteiger partial charge in [-0.15, -0.1) is 11.6 Å². The summed E-state index contributed by atoms with van der Waals surface area (Å²) in [4.78, 5) is 4.48. The molecule has 0 saturated heterocycles. The van der Waals surface area contributed by atoms with Gasteiger partial charge >= 0.3 is 0 Å². The average molecular weight is 260 g/mol. The zero-order chi connectivity index (χ0) is 12.0. The van der Waals surface area contributed by atoms with E-state index in [-0.39, 0.29) is 0 Å². The number of hydrogen-bond donors (Lipinski definition) is 0. The van der Waals surface area contributed by atoms with Crippen LogP contribution < -0.4 is 4.74 Å². The number of aryl methyl sites for hydroxylation is 1. The molecule has 0 aliphatic rings. The zero-order valence-electron chi connectivity index (χ0n) is 10.00. The third-order valence-corrected chi connectivity index (χ3v) is 3.73. The number of hydrogen-bond acceptors (Lipinski definition) is 3. The Labute approximate surface area is 107 Å².